The molecular weight excluding hydrogens is 326 g/mol. The summed E-state index contributed by atoms with van der Waals surface area (Å²) >= 11 is 4.91. The van der Waals surface area contributed by atoms with E-state index in [4.69, 9.17) is 0 Å². The van der Waals surface area contributed by atoms with Crippen molar-refractivity contribution in [2.75, 3.05) is 5.32 Å². The first-order chi connectivity index (χ1) is 9.04. The zero-order valence-corrected chi connectivity index (χ0v) is 13.0. The third-order valence-corrected chi connectivity index (χ3v) is 4.10. The number of hydrogen-bond donors (Lipinski definition) is 1. The second-order valence-electron chi connectivity index (χ2n) is 4.08. The zero-order valence-electron chi connectivity index (χ0n) is 10.6. The minimum absolute atomic E-state index is 0.0494. The molecule has 0 saturated carbocycles. The Bertz CT molecular complexity index is 568. The number of nitrogens with one attached hydrogen (secondary N) is 1. The van der Waals surface area contributed by atoms with E-state index in [9.17, 15) is 4.79 Å². The minimum Gasteiger partial charge on any atom is -0.308 e. The Kier molecular flexibility index (Phi) is 4.66. The third kappa shape index (κ3) is 4.11. The lowest BCUT2D eigenvalue weighted by Crippen LogP contribution is -2.22. The lowest BCUT2D eigenvalue weighted by molar-refractivity contribution is -0.115. The maximum atomic E-state index is 12.0. The fourth-order valence-electron chi connectivity index (χ4n) is 1.48. The van der Waals surface area contributed by atoms with Crippen molar-refractivity contribution in [3.63, 3.8) is 0 Å². The van der Waals surface area contributed by atoms with Crippen LogP contribution in [0.15, 0.2) is 45.9 Å². The number of nitrogens with zero attached hydrogens (tertiary/aromatic N) is 2. The number of aryl methyl sites for hydroxylation is 1. The molecule has 6 heteroatoms. The Morgan fingerprint density at radius 3 is 2.63 bits per heavy atom. The quantitative estimate of drug-likeness (QED) is 0.869. The molecule has 1 amide bonds. The summed E-state index contributed by atoms with van der Waals surface area (Å²) in [5, 5.41) is 6.74. The Morgan fingerprint density at radius 1 is 1.37 bits per heavy atom. The third-order valence-electron chi connectivity index (χ3n) is 2.46. The van der Waals surface area contributed by atoms with E-state index >= 15 is 0 Å². The number of aromatic nitrogens is 2. The first-order valence-electron chi connectivity index (χ1n) is 5.77. The molecule has 1 heterocycles. The summed E-state index contributed by atoms with van der Waals surface area (Å²) in [5.41, 5.74) is 0. The summed E-state index contributed by atoms with van der Waals surface area (Å²) in [5.74, 6) is 0.530. The molecule has 4 nitrogen and oxygen atoms in total. The Labute approximate surface area is 124 Å². The molecule has 1 atom stereocenters. The smallest absolute Gasteiger partial charge is 0.238 e. The summed E-state index contributed by atoms with van der Waals surface area (Å²) in [6.45, 7) is 1.88. The number of hydrogen-bond acceptors (Lipinski definition) is 3. The summed E-state index contributed by atoms with van der Waals surface area (Å²) in [7, 11) is 1.82. The molecule has 0 fully saturated rings. The van der Waals surface area contributed by atoms with Gasteiger partial charge >= 0.3 is 0 Å². The molecule has 2 rings (SSSR count). The van der Waals surface area contributed by atoms with Gasteiger partial charge in [0.05, 0.1) is 5.25 Å². The first kappa shape index (κ1) is 14.1. The molecule has 1 aromatic heterocycles. The van der Waals surface area contributed by atoms with Crippen LogP contribution in [0.3, 0.4) is 0 Å². The average molecular weight is 340 g/mol. The molecule has 0 saturated heterocycles. The van der Waals surface area contributed by atoms with Crippen molar-refractivity contribution >= 4 is 39.4 Å². The SMILES string of the molecule is CC(Sc1ccc(Br)cc1)C(=O)Nc1ccn(C)n1. The Balaban J connectivity index is 1.94. The van der Waals surface area contributed by atoms with Gasteiger partial charge in [0.1, 0.15) is 0 Å². The van der Waals surface area contributed by atoms with Crippen molar-refractivity contribution in [2.45, 2.75) is 17.1 Å². The van der Waals surface area contributed by atoms with Gasteiger partial charge in [0.15, 0.2) is 5.82 Å². The summed E-state index contributed by atoms with van der Waals surface area (Å²) in [4.78, 5) is 13.1. The largest absolute Gasteiger partial charge is 0.308 e. The van der Waals surface area contributed by atoms with Crippen LogP contribution in [0.2, 0.25) is 0 Å². The standard InChI is InChI=1S/C13H14BrN3OS/c1-9(19-11-5-3-10(14)4-6-11)13(18)15-12-7-8-17(2)16-12/h3-9H,1-2H3,(H,15,16,18). The Morgan fingerprint density at radius 2 is 2.05 bits per heavy atom. The molecule has 0 aliphatic heterocycles. The fraction of sp³-hybridized carbons (Fsp3) is 0.231. The average Bonchev–Trinajstić information content (AvgIpc) is 2.77. The van der Waals surface area contributed by atoms with Crippen molar-refractivity contribution < 1.29 is 4.79 Å². The number of thioether (sulfide) groups is 1. The van der Waals surface area contributed by atoms with Crippen LogP contribution in [0.4, 0.5) is 5.82 Å². The molecule has 1 unspecified atom stereocenters. The highest BCUT2D eigenvalue weighted by molar-refractivity contribution is 9.10. The van der Waals surface area contributed by atoms with Gasteiger partial charge in [0.25, 0.3) is 0 Å². The van der Waals surface area contributed by atoms with Gasteiger partial charge < -0.3 is 5.32 Å². The first-order valence-corrected chi connectivity index (χ1v) is 7.44. The van der Waals surface area contributed by atoms with Crippen LogP contribution < -0.4 is 5.32 Å². The van der Waals surface area contributed by atoms with E-state index in [2.05, 4.69) is 26.3 Å². The van der Waals surface area contributed by atoms with Gasteiger partial charge in [0, 0.05) is 28.7 Å². The van der Waals surface area contributed by atoms with Gasteiger partial charge in [0.2, 0.25) is 5.91 Å². The molecule has 0 aliphatic rings. The molecule has 100 valence electrons. The predicted molar refractivity (Wildman–Crippen MR) is 81.3 cm³/mol. The van der Waals surface area contributed by atoms with Gasteiger partial charge in [-0.25, -0.2) is 0 Å². The van der Waals surface area contributed by atoms with Crippen LogP contribution in [-0.2, 0) is 11.8 Å². The van der Waals surface area contributed by atoms with E-state index in [0.29, 0.717) is 5.82 Å². The predicted octanol–water partition coefficient (Wildman–Crippen LogP) is 3.30. The van der Waals surface area contributed by atoms with Crippen molar-refractivity contribution in [1.29, 1.82) is 0 Å². The topological polar surface area (TPSA) is 46.9 Å². The highest BCUT2D eigenvalue weighted by Crippen LogP contribution is 2.25. The van der Waals surface area contributed by atoms with Crippen LogP contribution in [0.25, 0.3) is 0 Å². The molecule has 1 N–H and O–H groups in total. The molecule has 0 aliphatic carbocycles. The summed E-state index contributed by atoms with van der Waals surface area (Å²) in [6.07, 6.45) is 1.79. The molecule has 0 radical (unpaired) electrons. The van der Waals surface area contributed by atoms with E-state index in [1.54, 1.807) is 16.9 Å². The highest BCUT2D eigenvalue weighted by atomic mass is 79.9. The number of halogens is 1. The van der Waals surface area contributed by atoms with Crippen LogP contribution in [0.1, 0.15) is 6.92 Å². The van der Waals surface area contributed by atoms with Gasteiger partial charge in [-0.1, -0.05) is 15.9 Å². The van der Waals surface area contributed by atoms with E-state index in [1.165, 1.54) is 11.8 Å². The second-order valence-corrected chi connectivity index (χ2v) is 6.41. The lowest BCUT2D eigenvalue weighted by atomic mass is 10.4. The number of carbonyl (C=O) groups is 1. The van der Waals surface area contributed by atoms with E-state index in [0.717, 1.165) is 9.37 Å². The van der Waals surface area contributed by atoms with E-state index < -0.39 is 0 Å². The maximum Gasteiger partial charge on any atom is 0.238 e. The van der Waals surface area contributed by atoms with Crippen LogP contribution in [0.5, 0.6) is 0 Å². The number of benzene rings is 1. The highest BCUT2D eigenvalue weighted by Gasteiger charge is 2.15. The molecule has 2 aromatic rings. The van der Waals surface area contributed by atoms with Gasteiger partial charge in [-0.2, -0.15) is 5.10 Å². The lowest BCUT2D eigenvalue weighted by Gasteiger charge is -2.10. The Hall–Kier alpha value is -1.27. The summed E-state index contributed by atoms with van der Waals surface area (Å²) in [6, 6.07) is 9.67. The molecule has 1 aromatic carbocycles. The number of anilines is 1. The second kappa shape index (κ2) is 6.25. The van der Waals surface area contributed by atoms with Crippen LogP contribution in [-0.4, -0.2) is 20.9 Å². The van der Waals surface area contributed by atoms with Crippen LogP contribution in [0, 0.1) is 0 Å². The van der Waals surface area contributed by atoms with Gasteiger partial charge in [-0.15, -0.1) is 11.8 Å². The van der Waals surface area contributed by atoms with Crippen LogP contribution >= 0.6 is 27.7 Å². The van der Waals surface area contributed by atoms with Crippen molar-refractivity contribution in [3.05, 3.63) is 41.0 Å². The number of rotatable bonds is 4. The van der Waals surface area contributed by atoms with E-state index in [-0.39, 0.29) is 11.2 Å². The van der Waals surface area contributed by atoms with Gasteiger partial charge in [-0.05, 0) is 31.2 Å². The molecular formula is C13H14BrN3OS. The molecule has 0 bridgehead atoms. The monoisotopic (exact) mass is 339 g/mol. The van der Waals surface area contributed by atoms with Crippen molar-refractivity contribution in [2.24, 2.45) is 7.05 Å². The van der Waals surface area contributed by atoms with Crippen molar-refractivity contribution in [3.8, 4) is 0 Å². The van der Waals surface area contributed by atoms with Gasteiger partial charge in [-0.3, -0.25) is 9.48 Å². The minimum atomic E-state index is -0.178. The number of amides is 1. The number of carbonyl (C=O) groups excluding carboxylic acids is 1. The van der Waals surface area contributed by atoms with E-state index in [1.807, 2.05) is 38.2 Å². The normalized spacial score (nSPS) is 12.2. The maximum absolute atomic E-state index is 12.0. The summed E-state index contributed by atoms with van der Waals surface area (Å²) < 4.78 is 2.68. The fourth-order valence-corrected chi connectivity index (χ4v) is 2.61. The zero-order chi connectivity index (χ0) is 13.8. The van der Waals surface area contributed by atoms with Crippen molar-refractivity contribution in [1.82, 2.24) is 9.78 Å². The molecule has 0 spiro atoms. The molecule has 19 heavy (non-hydrogen) atoms.